The van der Waals surface area contributed by atoms with Crippen molar-refractivity contribution in [2.75, 3.05) is 13.1 Å². The van der Waals surface area contributed by atoms with Gasteiger partial charge in [-0.15, -0.1) is 0 Å². The number of aliphatic carboxylic acids is 2. The van der Waals surface area contributed by atoms with Crippen LogP contribution < -0.4 is 10.9 Å². The number of aliphatic hydroxyl groups excluding tert-OH is 2. The van der Waals surface area contributed by atoms with Crippen molar-refractivity contribution in [1.82, 2.24) is 19.8 Å². The maximum absolute atomic E-state index is 14.1. The second kappa shape index (κ2) is 19.4. The highest BCUT2D eigenvalue weighted by molar-refractivity contribution is 7.98. The number of amides is 1. The number of carboxylic acids is 2. The molecule has 2 unspecified atom stereocenters. The van der Waals surface area contributed by atoms with Crippen molar-refractivity contribution >= 4 is 29.6 Å². The molecule has 0 saturated carbocycles. The second-order valence-corrected chi connectivity index (χ2v) is 15.3. The summed E-state index contributed by atoms with van der Waals surface area (Å²) in [5.74, 6) is -3.53. The number of thioether (sulfide) groups is 1. The van der Waals surface area contributed by atoms with Crippen LogP contribution in [0.25, 0.3) is 11.1 Å². The summed E-state index contributed by atoms with van der Waals surface area (Å²) >= 11 is 1.35. The number of carbonyl (C=O) groups excluding carboxylic acids is 1. The molecule has 1 aliphatic rings. The number of benzene rings is 3. The first kappa shape index (κ1) is 44.6. The minimum Gasteiger partial charge on any atom is -0.479 e. The third-order valence-electron chi connectivity index (χ3n) is 8.84. The van der Waals surface area contributed by atoms with Crippen molar-refractivity contribution in [3.63, 3.8) is 0 Å². The van der Waals surface area contributed by atoms with Crippen LogP contribution in [-0.2, 0) is 52.2 Å². The fraction of sp³-hybridized carbons (Fsp3) is 0.375. The molecule has 0 fully saturated rings. The van der Waals surface area contributed by atoms with Crippen molar-refractivity contribution in [1.29, 1.82) is 0 Å². The molecular weight excluding hydrogens is 773 g/mol. The highest BCUT2D eigenvalue weighted by atomic mass is 32.2. The van der Waals surface area contributed by atoms with Crippen molar-refractivity contribution in [3.05, 3.63) is 117 Å². The molecule has 0 bridgehead atoms. The Bertz CT molecular complexity index is 2050. The largest absolute Gasteiger partial charge is 0.479 e. The van der Waals surface area contributed by atoms with Crippen LogP contribution >= 0.6 is 11.8 Å². The fourth-order valence-electron chi connectivity index (χ4n) is 5.83. The van der Waals surface area contributed by atoms with Gasteiger partial charge in [-0.1, -0.05) is 60.3 Å². The van der Waals surface area contributed by atoms with Crippen LogP contribution in [0.2, 0.25) is 0 Å². The number of hydrogen-bond donors (Lipinski definition) is 5. The van der Waals surface area contributed by atoms with E-state index in [1.807, 2.05) is 28.8 Å². The molecular formula is C40H44F4N4O8S. The Balaban J connectivity index is 0.000000635. The average Bonchev–Trinajstić information content (AvgIpc) is 3.66. The summed E-state index contributed by atoms with van der Waals surface area (Å²) in [5, 5.41) is 36.4. The molecule has 5 N–H and O–H groups in total. The number of rotatable bonds is 14. The first-order chi connectivity index (χ1) is 26.7. The normalized spacial score (nSPS) is 13.6. The molecule has 1 heterocycles. The summed E-state index contributed by atoms with van der Waals surface area (Å²) in [6, 6.07) is 18.7. The molecule has 4 aromatic rings. The number of aromatic nitrogens is 2. The summed E-state index contributed by atoms with van der Waals surface area (Å²) in [7, 11) is 0. The Hall–Kier alpha value is -5.10. The minimum absolute atomic E-state index is 0.0144. The zero-order valence-corrected chi connectivity index (χ0v) is 32.2. The van der Waals surface area contributed by atoms with Gasteiger partial charge in [-0.25, -0.2) is 14.0 Å². The molecule has 5 rings (SSSR count). The Labute approximate surface area is 330 Å². The standard InChI is InChI=1S/C36H38F4N4O2S.C4H6O6/c1-35(2,3)41-19-20-43(21-24-7-11-26(12-8-24)27-13-15-28(16-14-27)36(38,39)40)32(45)22-44-31-6-4-5-30(31)33(46)42-34(44)47-23-25-9-17-29(37)18-10-25;5-1(3(7)8)2(6)4(9)10/h7-18,41H,4-6,19-23H2,1-3H3;1-2,5-6H,(H,7,8)(H,9,10). The molecule has 1 aromatic heterocycles. The third kappa shape index (κ3) is 13.0. The molecule has 17 heteroatoms. The molecule has 1 aliphatic carbocycles. The number of carboxylic acid groups (broad SMARTS) is 2. The third-order valence-corrected chi connectivity index (χ3v) is 9.89. The summed E-state index contributed by atoms with van der Waals surface area (Å²) in [6.07, 6.45) is -6.80. The van der Waals surface area contributed by atoms with Crippen LogP contribution in [0.4, 0.5) is 17.6 Å². The van der Waals surface area contributed by atoms with Gasteiger partial charge in [0.25, 0.3) is 5.56 Å². The predicted molar refractivity (Wildman–Crippen MR) is 204 cm³/mol. The van der Waals surface area contributed by atoms with Gasteiger partial charge in [0, 0.05) is 42.2 Å². The zero-order chi connectivity index (χ0) is 42.1. The van der Waals surface area contributed by atoms with Gasteiger partial charge in [0.15, 0.2) is 17.4 Å². The number of hydrogen-bond acceptors (Lipinski definition) is 9. The van der Waals surface area contributed by atoms with Crippen LogP contribution in [-0.4, -0.2) is 83.6 Å². The Morgan fingerprint density at radius 2 is 1.40 bits per heavy atom. The topological polar surface area (TPSA) is 182 Å². The lowest BCUT2D eigenvalue weighted by Gasteiger charge is -2.28. The van der Waals surface area contributed by atoms with Crippen LogP contribution in [0, 0.1) is 5.82 Å². The van der Waals surface area contributed by atoms with Gasteiger partial charge < -0.3 is 35.2 Å². The quantitative estimate of drug-likeness (QED) is 0.0646. The maximum atomic E-state index is 14.1. The molecule has 0 saturated heterocycles. The number of fused-ring (bicyclic) bond motifs is 1. The Morgan fingerprint density at radius 3 is 1.93 bits per heavy atom. The first-order valence-corrected chi connectivity index (χ1v) is 18.8. The maximum Gasteiger partial charge on any atom is 0.416 e. The molecule has 12 nitrogen and oxygen atoms in total. The monoisotopic (exact) mass is 816 g/mol. The van der Waals surface area contributed by atoms with E-state index in [4.69, 9.17) is 20.4 Å². The molecule has 1 amide bonds. The summed E-state index contributed by atoms with van der Waals surface area (Å²) in [4.78, 5) is 52.6. The SMILES string of the molecule is CC(C)(C)NCCN(Cc1ccc(-c2ccc(C(F)(F)F)cc2)cc1)C(=O)Cn1c(SCc2ccc(F)cc2)nc(=O)c2c1CCC2.O=C(O)C(O)C(O)C(=O)O. The molecule has 0 radical (unpaired) electrons. The lowest BCUT2D eigenvalue weighted by Crippen LogP contribution is -2.44. The van der Waals surface area contributed by atoms with Gasteiger partial charge in [-0.2, -0.15) is 18.2 Å². The average molecular weight is 817 g/mol. The summed E-state index contributed by atoms with van der Waals surface area (Å²) < 4.78 is 54.4. The van der Waals surface area contributed by atoms with Crippen molar-refractivity contribution in [3.8, 4) is 11.1 Å². The van der Waals surface area contributed by atoms with E-state index < -0.39 is 35.9 Å². The summed E-state index contributed by atoms with van der Waals surface area (Å²) in [5.41, 5.74) is 3.57. The number of aliphatic hydroxyl groups is 2. The van der Waals surface area contributed by atoms with Crippen LogP contribution in [0.5, 0.6) is 0 Å². The lowest BCUT2D eigenvalue weighted by molar-refractivity contribution is -0.165. The molecule has 57 heavy (non-hydrogen) atoms. The predicted octanol–water partition coefficient (Wildman–Crippen LogP) is 5.14. The Morgan fingerprint density at radius 1 is 0.860 bits per heavy atom. The van der Waals surface area contributed by atoms with Crippen molar-refractivity contribution in [2.24, 2.45) is 0 Å². The van der Waals surface area contributed by atoms with E-state index in [1.165, 1.54) is 36.0 Å². The second-order valence-electron chi connectivity index (χ2n) is 14.3. The smallest absolute Gasteiger partial charge is 0.416 e. The first-order valence-electron chi connectivity index (χ1n) is 17.8. The lowest BCUT2D eigenvalue weighted by atomic mass is 10.0. The Kier molecular flexibility index (Phi) is 15.2. The van der Waals surface area contributed by atoms with E-state index in [0.29, 0.717) is 54.5 Å². The number of nitrogens with one attached hydrogen (secondary N) is 1. The van der Waals surface area contributed by atoms with Gasteiger partial charge in [0.1, 0.15) is 12.4 Å². The number of alkyl halides is 3. The molecule has 0 spiro atoms. The van der Waals surface area contributed by atoms with E-state index in [1.54, 1.807) is 17.0 Å². The van der Waals surface area contributed by atoms with Gasteiger partial charge in [0.2, 0.25) is 5.91 Å². The van der Waals surface area contributed by atoms with E-state index in [0.717, 1.165) is 40.9 Å². The van der Waals surface area contributed by atoms with Crippen LogP contribution in [0.1, 0.15) is 55.1 Å². The zero-order valence-electron chi connectivity index (χ0n) is 31.4. The van der Waals surface area contributed by atoms with Crippen LogP contribution in [0.3, 0.4) is 0 Å². The number of carbonyl (C=O) groups is 3. The number of halogens is 4. The van der Waals surface area contributed by atoms with Gasteiger partial charge in [-0.05, 0) is 86.6 Å². The van der Waals surface area contributed by atoms with Crippen molar-refractivity contribution in [2.45, 2.75) is 88.0 Å². The van der Waals surface area contributed by atoms with Gasteiger partial charge in [0.05, 0.1) is 5.56 Å². The van der Waals surface area contributed by atoms with E-state index in [2.05, 4.69) is 31.1 Å². The summed E-state index contributed by atoms with van der Waals surface area (Å²) in [6.45, 7) is 7.50. The molecule has 3 aromatic carbocycles. The van der Waals surface area contributed by atoms with Gasteiger partial charge in [-0.3, -0.25) is 9.59 Å². The molecule has 2 atom stereocenters. The minimum atomic E-state index is -4.40. The van der Waals surface area contributed by atoms with E-state index in [9.17, 15) is 36.7 Å². The highest BCUT2D eigenvalue weighted by Gasteiger charge is 2.31. The van der Waals surface area contributed by atoms with Crippen LogP contribution in [0.15, 0.2) is 82.7 Å². The van der Waals surface area contributed by atoms with E-state index in [-0.39, 0.29) is 29.4 Å². The fourth-order valence-corrected chi connectivity index (χ4v) is 6.79. The molecule has 0 aliphatic heterocycles. The van der Waals surface area contributed by atoms with Crippen molar-refractivity contribution < 1.29 is 52.4 Å². The van der Waals surface area contributed by atoms with Gasteiger partial charge >= 0.3 is 18.1 Å². The highest BCUT2D eigenvalue weighted by Crippen LogP contribution is 2.31. The number of nitrogens with zero attached hydrogens (tertiary/aromatic N) is 3. The molecule has 306 valence electrons. The van der Waals surface area contributed by atoms with E-state index >= 15 is 0 Å².